The van der Waals surface area contributed by atoms with E-state index in [1.54, 1.807) is 24.5 Å². The zero-order valence-electron chi connectivity index (χ0n) is 14.0. The standard InChI is InChI=1S/C15H11N3O.Cu.H2O4S.3H2O/c19-11-9-14(12-5-1-3-7-16-12)18-15(10-11)13-6-2-4-8-17-13;;1-5(2,3)4;;;/h1-10H,(H,18,19);;(H2,1,2,3,4);3*1H2/q;+2;;;;/p-1. The van der Waals surface area contributed by atoms with Crippen LogP contribution in [0.15, 0.2) is 60.9 Å². The summed E-state index contributed by atoms with van der Waals surface area (Å²) in [5.41, 5.74) is 2.69. The van der Waals surface area contributed by atoms with Gasteiger partial charge in [-0.05, 0) is 24.3 Å². The molecule has 0 amide bonds. The van der Waals surface area contributed by atoms with E-state index in [9.17, 15) is 5.11 Å². The molecule has 3 aromatic rings. The van der Waals surface area contributed by atoms with Crippen LogP contribution in [0.2, 0.25) is 0 Å². The van der Waals surface area contributed by atoms with Gasteiger partial charge < -0.3 is 30.6 Å². The van der Waals surface area contributed by atoms with Crippen molar-refractivity contribution in [2.75, 3.05) is 0 Å². The van der Waals surface area contributed by atoms with Gasteiger partial charge in [-0.25, -0.2) is 4.98 Å². The van der Waals surface area contributed by atoms with Crippen molar-refractivity contribution < 1.29 is 56.1 Å². The first-order valence-electron chi connectivity index (χ1n) is 6.53. The van der Waals surface area contributed by atoms with Gasteiger partial charge in [0.05, 0.1) is 22.8 Å². The van der Waals surface area contributed by atoms with Gasteiger partial charge in [-0.3, -0.25) is 18.4 Å². The molecular formula is C15H18CuN3O8S+. The smallest absolute Gasteiger partial charge is 0.759 e. The first kappa shape index (κ1) is 30.3. The van der Waals surface area contributed by atoms with E-state index in [1.807, 2.05) is 36.4 Å². The SMILES string of the molecule is O.O.O=S(=O)([O-])[O-].Oc1cc(-c2ccccn2)nc(-c2ccccn2)c1.[Cu+2].[OH3+]. The molecule has 0 aliphatic heterocycles. The summed E-state index contributed by atoms with van der Waals surface area (Å²) in [5.74, 6) is 0.149. The molecule has 13 heteroatoms. The molecule has 0 bridgehead atoms. The summed E-state index contributed by atoms with van der Waals surface area (Å²) in [6, 6.07) is 14.3. The van der Waals surface area contributed by atoms with Crippen molar-refractivity contribution in [3.63, 3.8) is 0 Å². The van der Waals surface area contributed by atoms with Crippen molar-refractivity contribution >= 4 is 10.4 Å². The molecule has 3 heterocycles. The largest absolute Gasteiger partial charge is 2.00 e. The van der Waals surface area contributed by atoms with Crippen LogP contribution < -0.4 is 0 Å². The van der Waals surface area contributed by atoms with Crippen LogP contribution in [0.4, 0.5) is 0 Å². The van der Waals surface area contributed by atoms with Crippen LogP contribution in [0.3, 0.4) is 0 Å². The maximum Gasteiger partial charge on any atom is 2.00 e. The number of pyridine rings is 3. The molecular weight excluding hydrogens is 446 g/mol. The summed E-state index contributed by atoms with van der Waals surface area (Å²) in [7, 11) is -5.17. The number of nitrogens with zero attached hydrogens (tertiary/aromatic N) is 3. The summed E-state index contributed by atoms with van der Waals surface area (Å²) >= 11 is 0. The van der Waals surface area contributed by atoms with E-state index >= 15 is 0 Å². The molecule has 157 valence electrons. The fourth-order valence-electron chi connectivity index (χ4n) is 1.81. The van der Waals surface area contributed by atoms with Crippen molar-refractivity contribution in [3.05, 3.63) is 60.9 Å². The first-order valence-corrected chi connectivity index (χ1v) is 7.87. The molecule has 11 nitrogen and oxygen atoms in total. The predicted molar refractivity (Wildman–Crippen MR) is 94.9 cm³/mol. The van der Waals surface area contributed by atoms with E-state index in [0.717, 1.165) is 11.4 Å². The molecule has 8 N–H and O–H groups in total. The number of hydrogen-bond donors (Lipinski definition) is 1. The number of aromatic hydroxyl groups is 1. The minimum Gasteiger partial charge on any atom is -0.759 e. The Bertz CT molecular complexity index is 849. The zero-order chi connectivity index (χ0) is 17.6. The van der Waals surface area contributed by atoms with Crippen molar-refractivity contribution in [3.8, 4) is 28.5 Å². The van der Waals surface area contributed by atoms with Crippen molar-refractivity contribution in [1.29, 1.82) is 0 Å². The number of aromatic nitrogens is 3. The third-order valence-corrected chi connectivity index (χ3v) is 2.66. The molecule has 0 unspecified atom stereocenters. The Morgan fingerprint density at radius 3 is 1.43 bits per heavy atom. The Labute approximate surface area is 171 Å². The van der Waals surface area contributed by atoms with Crippen molar-refractivity contribution in [1.82, 2.24) is 15.0 Å². The summed E-state index contributed by atoms with van der Waals surface area (Å²) in [5, 5.41) is 9.82. The quantitative estimate of drug-likeness (QED) is 0.213. The van der Waals surface area contributed by atoms with E-state index in [2.05, 4.69) is 15.0 Å². The van der Waals surface area contributed by atoms with Crippen LogP contribution in [0, 0.1) is 0 Å². The van der Waals surface area contributed by atoms with E-state index < -0.39 is 10.4 Å². The molecule has 28 heavy (non-hydrogen) atoms. The van der Waals surface area contributed by atoms with Gasteiger partial charge in [0, 0.05) is 34.9 Å². The Kier molecular flexibility index (Phi) is 14.8. The van der Waals surface area contributed by atoms with Gasteiger partial charge in [-0.15, -0.1) is 0 Å². The second-order valence-corrected chi connectivity index (χ2v) is 5.25. The Morgan fingerprint density at radius 2 is 1.14 bits per heavy atom. The molecule has 0 atom stereocenters. The first-order chi connectivity index (χ1) is 11.3. The predicted octanol–water partition coefficient (Wildman–Crippen LogP) is -1.00. The van der Waals surface area contributed by atoms with Gasteiger partial charge in [0.2, 0.25) is 0 Å². The molecule has 0 aliphatic carbocycles. The molecule has 0 aromatic carbocycles. The van der Waals surface area contributed by atoms with Gasteiger partial charge in [-0.2, -0.15) is 0 Å². The Morgan fingerprint density at radius 1 is 0.786 bits per heavy atom. The van der Waals surface area contributed by atoms with Gasteiger partial charge in [0.15, 0.2) is 0 Å². The molecule has 3 aromatic heterocycles. The third-order valence-electron chi connectivity index (χ3n) is 2.66. The van der Waals surface area contributed by atoms with Crippen LogP contribution in [0.5, 0.6) is 5.75 Å². The van der Waals surface area contributed by atoms with Crippen LogP contribution in [-0.4, -0.2) is 48.5 Å². The zero-order valence-corrected chi connectivity index (χ0v) is 15.7. The van der Waals surface area contributed by atoms with E-state index in [4.69, 9.17) is 17.5 Å². The van der Waals surface area contributed by atoms with Gasteiger partial charge in [-0.1, -0.05) is 12.1 Å². The second kappa shape index (κ2) is 13.7. The fourth-order valence-corrected chi connectivity index (χ4v) is 1.81. The number of hydrogen-bond acceptors (Lipinski definition) is 8. The minimum atomic E-state index is -5.17. The molecule has 0 aliphatic rings. The second-order valence-electron chi connectivity index (χ2n) is 4.43. The summed E-state index contributed by atoms with van der Waals surface area (Å²) < 4.78 is 34.1. The maximum atomic E-state index is 9.82. The topological polar surface area (TPSA) is 235 Å². The normalized spacial score (nSPS) is 9.07. The monoisotopic (exact) mass is 463 g/mol. The molecule has 0 saturated carbocycles. The average Bonchev–Trinajstić information content (AvgIpc) is 2.54. The molecule has 0 fully saturated rings. The average molecular weight is 464 g/mol. The van der Waals surface area contributed by atoms with Crippen LogP contribution in [0.25, 0.3) is 22.8 Å². The van der Waals surface area contributed by atoms with Crippen LogP contribution >= 0.6 is 0 Å². The molecule has 1 radical (unpaired) electrons. The molecule has 0 saturated heterocycles. The van der Waals surface area contributed by atoms with Crippen molar-refractivity contribution in [2.24, 2.45) is 0 Å². The Hall–Kier alpha value is -2.48. The minimum absolute atomic E-state index is 0. The van der Waals surface area contributed by atoms with E-state index in [1.165, 1.54) is 0 Å². The number of rotatable bonds is 2. The van der Waals surface area contributed by atoms with Crippen LogP contribution in [0.1, 0.15) is 0 Å². The van der Waals surface area contributed by atoms with E-state index in [0.29, 0.717) is 11.4 Å². The van der Waals surface area contributed by atoms with Crippen LogP contribution in [-0.2, 0) is 32.9 Å². The van der Waals surface area contributed by atoms with Gasteiger partial charge in [0.25, 0.3) is 0 Å². The third kappa shape index (κ3) is 10.6. The molecule has 0 spiro atoms. The van der Waals surface area contributed by atoms with Gasteiger partial charge >= 0.3 is 17.1 Å². The maximum absolute atomic E-state index is 9.82. The summed E-state index contributed by atoms with van der Waals surface area (Å²) in [4.78, 5) is 13.0. The summed E-state index contributed by atoms with van der Waals surface area (Å²) in [6.45, 7) is 0. The Balaban J connectivity index is -0.000000627. The fraction of sp³-hybridized carbons (Fsp3) is 0. The van der Waals surface area contributed by atoms with Gasteiger partial charge in [0.1, 0.15) is 5.75 Å². The van der Waals surface area contributed by atoms with Crippen molar-refractivity contribution in [2.45, 2.75) is 0 Å². The van der Waals surface area contributed by atoms with E-state index in [-0.39, 0.29) is 39.2 Å². The summed E-state index contributed by atoms with van der Waals surface area (Å²) in [6.07, 6.45) is 3.39. The molecule has 3 rings (SSSR count).